The van der Waals surface area contributed by atoms with Crippen molar-refractivity contribution in [3.63, 3.8) is 0 Å². The minimum atomic E-state index is -0.0728. The number of nitrogens with one attached hydrogen (secondary N) is 2. The Morgan fingerprint density at radius 1 is 1.03 bits per heavy atom. The van der Waals surface area contributed by atoms with Crippen molar-refractivity contribution in [3.05, 3.63) is 88.1 Å². The summed E-state index contributed by atoms with van der Waals surface area (Å²) >= 11 is 1.68. The van der Waals surface area contributed by atoms with Gasteiger partial charge in [0.15, 0.2) is 6.54 Å². The molecule has 29 heavy (non-hydrogen) atoms. The van der Waals surface area contributed by atoms with Crippen molar-refractivity contribution in [2.75, 3.05) is 37.6 Å². The van der Waals surface area contributed by atoms with Crippen LogP contribution in [0.2, 0.25) is 0 Å². The summed E-state index contributed by atoms with van der Waals surface area (Å²) in [5, 5.41) is 5.34. The lowest BCUT2D eigenvalue weighted by Gasteiger charge is -2.34. The molecule has 0 radical (unpaired) electrons. The van der Waals surface area contributed by atoms with Crippen molar-refractivity contribution in [2.45, 2.75) is 13.0 Å². The second kappa shape index (κ2) is 9.25. The van der Waals surface area contributed by atoms with E-state index in [9.17, 15) is 4.79 Å². The van der Waals surface area contributed by atoms with E-state index in [1.165, 1.54) is 21.0 Å². The SMILES string of the molecule is Cc1ccccc1N1CC[NH+](CC(=O)N[C@@H](c2ccccc2)c2cccs2)CC1. The van der Waals surface area contributed by atoms with Gasteiger partial charge >= 0.3 is 0 Å². The molecule has 1 aliphatic heterocycles. The Hall–Kier alpha value is -2.63. The molecule has 1 aliphatic rings. The zero-order chi connectivity index (χ0) is 20.1. The summed E-state index contributed by atoms with van der Waals surface area (Å²) in [6, 6.07) is 22.8. The Balaban J connectivity index is 1.35. The van der Waals surface area contributed by atoms with E-state index >= 15 is 0 Å². The number of benzene rings is 2. The van der Waals surface area contributed by atoms with Crippen LogP contribution in [0, 0.1) is 6.92 Å². The minimum Gasteiger partial charge on any atom is -0.360 e. The van der Waals surface area contributed by atoms with Gasteiger partial charge in [0.2, 0.25) is 0 Å². The number of hydrogen-bond acceptors (Lipinski definition) is 3. The van der Waals surface area contributed by atoms with Crippen molar-refractivity contribution in [1.82, 2.24) is 5.32 Å². The van der Waals surface area contributed by atoms with E-state index in [2.05, 4.69) is 65.0 Å². The molecule has 1 amide bonds. The first-order valence-corrected chi connectivity index (χ1v) is 11.1. The van der Waals surface area contributed by atoms with Crippen molar-refractivity contribution >= 4 is 22.9 Å². The molecule has 5 heteroatoms. The van der Waals surface area contributed by atoms with Crippen LogP contribution < -0.4 is 15.1 Å². The van der Waals surface area contributed by atoms with E-state index in [1.807, 2.05) is 24.3 Å². The Labute approximate surface area is 176 Å². The highest BCUT2D eigenvalue weighted by Crippen LogP contribution is 2.25. The normalized spacial score (nSPS) is 15.8. The summed E-state index contributed by atoms with van der Waals surface area (Å²) in [5.74, 6) is 0.117. The number of thiophene rings is 1. The van der Waals surface area contributed by atoms with Crippen molar-refractivity contribution in [3.8, 4) is 0 Å². The van der Waals surface area contributed by atoms with Crippen LogP contribution in [0.1, 0.15) is 22.0 Å². The molecule has 0 spiro atoms. The average Bonchev–Trinajstić information content (AvgIpc) is 3.28. The van der Waals surface area contributed by atoms with Gasteiger partial charge in [-0.15, -0.1) is 11.3 Å². The van der Waals surface area contributed by atoms with Crippen LogP contribution in [-0.4, -0.2) is 38.6 Å². The highest BCUT2D eigenvalue weighted by atomic mass is 32.1. The molecular formula is C24H28N3OS+. The molecular weight excluding hydrogens is 378 g/mol. The molecule has 4 rings (SSSR count). The number of anilines is 1. The number of carbonyl (C=O) groups excluding carboxylic acids is 1. The largest absolute Gasteiger partial charge is 0.360 e. The summed E-state index contributed by atoms with van der Waals surface area (Å²) < 4.78 is 0. The molecule has 0 aliphatic carbocycles. The molecule has 3 aromatic rings. The number of aryl methyl sites for hydroxylation is 1. The monoisotopic (exact) mass is 406 g/mol. The Morgan fingerprint density at radius 2 is 1.76 bits per heavy atom. The molecule has 1 aromatic heterocycles. The van der Waals surface area contributed by atoms with Crippen molar-refractivity contribution < 1.29 is 9.69 Å². The van der Waals surface area contributed by atoms with E-state index < -0.39 is 0 Å². The molecule has 0 bridgehead atoms. The molecule has 2 aromatic carbocycles. The van der Waals surface area contributed by atoms with E-state index in [-0.39, 0.29) is 11.9 Å². The molecule has 0 saturated carbocycles. The van der Waals surface area contributed by atoms with Crippen LogP contribution in [0.3, 0.4) is 0 Å². The third kappa shape index (κ3) is 4.86. The first kappa shape index (κ1) is 19.7. The van der Waals surface area contributed by atoms with Crippen LogP contribution >= 0.6 is 11.3 Å². The lowest BCUT2D eigenvalue weighted by atomic mass is 10.1. The van der Waals surface area contributed by atoms with Crippen LogP contribution in [0.5, 0.6) is 0 Å². The van der Waals surface area contributed by atoms with Gasteiger partial charge in [0, 0.05) is 10.6 Å². The molecule has 2 N–H and O–H groups in total. The van der Waals surface area contributed by atoms with Gasteiger partial charge in [-0.25, -0.2) is 0 Å². The van der Waals surface area contributed by atoms with Gasteiger partial charge in [-0.1, -0.05) is 54.6 Å². The maximum atomic E-state index is 12.9. The van der Waals surface area contributed by atoms with E-state index in [0.29, 0.717) is 6.54 Å². The molecule has 1 fully saturated rings. The highest BCUT2D eigenvalue weighted by Gasteiger charge is 2.25. The highest BCUT2D eigenvalue weighted by molar-refractivity contribution is 7.10. The first-order valence-electron chi connectivity index (χ1n) is 10.2. The number of amides is 1. The molecule has 1 atom stereocenters. The lowest BCUT2D eigenvalue weighted by molar-refractivity contribution is -0.892. The van der Waals surface area contributed by atoms with Crippen LogP contribution in [0.25, 0.3) is 0 Å². The fraction of sp³-hybridized carbons (Fsp3) is 0.292. The van der Waals surface area contributed by atoms with Gasteiger partial charge in [-0.3, -0.25) is 4.79 Å². The Kier molecular flexibility index (Phi) is 6.27. The van der Waals surface area contributed by atoms with Gasteiger partial charge < -0.3 is 15.1 Å². The summed E-state index contributed by atoms with van der Waals surface area (Å²) in [7, 11) is 0. The maximum absolute atomic E-state index is 12.9. The van der Waals surface area contributed by atoms with Gasteiger partial charge in [-0.05, 0) is 35.6 Å². The number of rotatable bonds is 6. The fourth-order valence-corrected chi connectivity index (χ4v) is 4.82. The molecule has 4 nitrogen and oxygen atoms in total. The minimum absolute atomic E-state index is 0.0728. The van der Waals surface area contributed by atoms with Crippen molar-refractivity contribution in [2.24, 2.45) is 0 Å². The van der Waals surface area contributed by atoms with Gasteiger partial charge in [0.1, 0.15) is 0 Å². The van der Waals surface area contributed by atoms with Crippen LogP contribution in [-0.2, 0) is 4.79 Å². The van der Waals surface area contributed by atoms with Crippen molar-refractivity contribution in [1.29, 1.82) is 0 Å². The molecule has 150 valence electrons. The number of para-hydroxylation sites is 1. The van der Waals surface area contributed by atoms with Gasteiger partial charge in [0.25, 0.3) is 5.91 Å². The van der Waals surface area contributed by atoms with E-state index in [4.69, 9.17) is 0 Å². The standard InChI is InChI=1S/C24H27N3OS/c1-19-8-5-6-11-21(19)27-15-13-26(14-16-27)18-23(28)25-24(22-12-7-17-29-22)20-9-3-2-4-10-20/h2-12,17,24H,13-16,18H2,1H3,(H,25,28)/p+1/t24-/m0/s1. The third-order valence-electron chi connectivity index (χ3n) is 5.60. The number of quaternary nitrogens is 1. The van der Waals surface area contributed by atoms with E-state index in [1.54, 1.807) is 11.3 Å². The predicted octanol–water partition coefficient (Wildman–Crippen LogP) is 2.67. The summed E-state index contributed by atoms with van der Waals surface area (Å²) in [6.07, 6.45) is 0. The number of hydrogen-bond donors (Lipinski definition) is 2. The molecule has 2 heterocycles. The Morgan fingerprint density at radius 3 is 2.45 bits per heavy atom. The summed E-state index contributed by atoms with van der Waals surface area (Å²) in [4.78, 5) is 17.8. The lowest BCUT2D eigenvalue weighted by Crippen LogP contribution is -3.16. The smallest absolute Gasteiger partial charge is 0.275 e. The number of carbonyl (C=O) groups is 1. The first-order chi connectivity index (χ1) is 14.2. The zero-order valence-corrected chi connectivity index (χ0v) is 17.6. The molecule has 0 unspecified atom stereocenters. The summed E-state index contributed by atoms with van der Waals surface area (Å²) in [6.45, 7) is 6.63. The second-order valence-electron chi connectivity index (χ2n) is 7.63. The average molecular weight is 407 g/mol. The number of nitrogens with zero attached hydrogens (tertiary/aromatic N) is 1. The van der Waals surface area contributed by atoms with Gasteiger partial charge in [0.05, 0.1) is 32.2 Å². The quantitative estimate of drug-likeness (QED) is 0.660. The van der Waals surface area contributed by atoms with Crippen LogP contribution in [0.4, 0.5) is 5.69 Å². The Bertz CT molecular complexity index is 918. The fourth-order valence-electron chi connectivity index (χ4n) is 4.02. The summed E-state index contributed by atoms with van der Waals surface area (Å²) in [5.41, 5.74) is 3.76. The van der Waals surface area contributed by atoms with Gasteiger partial charge in [-0.2, -0.15) is 0 Å². The predicted molar refractivity (Wildman–Crippen MR) is 120 cm³/mol. The zero-order valence-electron chi connectivity index (χ0n) is 16.8. The molecule has 1 saturated heterocycles. The third-order valence-corrected chi connectivity index (χ3v) is 6.54. The maximum Gasteiger partial charge on any atom is 0.275 e. The topological polar surface area (TPSA) is 36.8 Å². The van der Waals surface area contributed by atoms with Crippen LogP contribution in [0.15, 0.2) is 72.1 Å². The van der Waals surface area contributed by atoms with E-state index in [0.717, 1.165) is 31.7 Å². The second-order valence-corrected chi connectivity index (χ2v) is 8.61. The number of piperazine rings is 1.